The number of rotatable bonds is 3. The molecule has 88 valence electrons. The van der Waals surface area contributed by atoms with Gasteiger partial charge in [-0.2, -0.15) is 0 Å². The quantitative estimate of drug-likeness (QED) is 0.846. The molecule has 4 nitrogen and oxygen atoms in total. The summed E-state index contributed by atoms with van der Waals surface area (Å²) < 4.78 is 5.73. The second kappa shape index (κ2) is 5.25. The summed E-state index contributed by atoms with van der Waals surface area (Å²) in [5, 5.41) is 9.04. The highest BCUT2D eigenvalue weighted by molar-refractivity contribution is 5.03. The van der Waals surface area contributed by atoms with Crippen LogP contribution >= 0.6 is 0 Å². The molecule has 2 rings (SSSR count). The van der Waals surface area contributed by atoms with Crippen LogP contribution in [0.3, 0.4) is 0 Å². The highest BCUT2D eigenvalue weighted by Gasteiger charge is 2.22. The van der Waals surface area contributed by atoms with Crippen molar-refractivity contribution in [2.24, 2.45) is 5.92 Å². The molecule has 0 radical (unpaired) electrons. The van der Waals surface area contributed by atoms with Crippen molar-refractivity contribution in [3.05, 3.63) is 18.0 Å². The molecule has 1 aliphatic rings. The van der Waals surface area contributed by atoms with Crippen molar-refractivity contribution in [1.82, 2.24) is 9.97 Å². The van der Waals surface area contributed by atoms with Gasteiger partial charge in [0.05, 0.1) is 0 Å². The molecular weight excluding hydrogens is 204 g/mol. The van der Waals surface area contributed by atoms with Crippen molar-refractivity contribution in [2.45, 2.75) is 38.7 Å². The van der Waals surface area contributed by atoms with E-state index in [2.05, 4.69) is 9.97 Å². The molecule has 0 aromatic carbocycles. The lowest BCUT2D eigenvalue weighted by Gasteiger charge is -2.26. The third-order valence-corrected chi connectivity index (χ3v) is 3.10. The Morgan fingerprint density at radius 1 is 1.38 bits per heavy atom. The predicted molar refractivity (Wildman–Crippen MR) is 60.2 cm³/mol. The summed E-state index contributed by atoms with van der Waals surface area (Å²) in [5.41, 5.74) is 0.925. The first-order chi connectivity index (χ1) is 7.78. The largest absolute Gasteiger partial charge is 0.460 e. The van der Waals surface area contributed by atoms with Crippen molar-refractivity contribution in [2.75, 3.05) is 6.61 Å². The Morgan fingerprint density at radius 2 is 2.12 bits per heavy atom. The molecule has 16 heavy (non-hydrogen) atoms. The topological polar surface area (TPSA) is 55.2 Å². The lowest BCUT2D eigenvalue weighted by molar-refractivity contribution is 0.0965. The SMILES string of the molecule is Cc1ccnc(OC2CCC(CO)CC2)n1. The first-order valence-corrected chi connectivity index (χ1v) is 5.85. The summed E-state index contributed by atoms with van der Waals surface area (Å²) in [6.45, 7) is 2.23. The van der Waals surface area contributed by atoms with Crippen LogP contribution in [-0.2, 0) is 0 Å². The summed E-state index contributed by atoms with van der Waals surface area (Å²) in [5.74, 6) is 0.457. The predicted octanol–water partition coefficient (Wildman–Crippen LogP) is 1.71. The van der Waals surface area contributed by atoms with E-state index in [1.54, 1.807) is 6.20 Å². The fourth-order valence-electron chi connectivity index (χ4n) is 2.06. The van der Waals surface area contributed by atoms with Crippen LogP contribution in [0, 0.1) is 12.8 Å². The van der Waals surface area contributed by atoms with E-state index >= 15 is 0 Å². The van der Waals surface area contributed by atoms with E-state index in [0.29, 0.717) is 18.5 Å². The van der Waals surface area contributed by atoms with E-state index in [0.717, 1.165) is 31.4 Å². The average molecular weight is 222 g/mol. The maximum Gasteiger partial charge on any atom is 0.316 e. The van der Waals surface area contributed by atoms with Gasteiger partial charge in [-0.1, -0.05) is 0 Å². The minimum absolute atomic E-state index is 0.213. The number of aryl methyl sites for hydroxylation is 1. The second-order valence-electron chi connectivity index (χ2n) is 4.42. The minimum Gasteiger partial charge on any atom is -0.460 e. The Bertz CT molecular complexity index is 336. The van der Waals surface area contributed by atoms with Gasteiger partial charge < -0.3 is 9.84 Å². The molecule has 1 saturated carbocycles. The summed E-state index contributed by atoms with van der Waals surface area (Å²) >= 11 is 0. The number of hydrogen-bond acceptors (Lipinski definition) is 4. The number of ether oxygens (including phenoxy) is 1. The van der Waals surface area contributed by atoms with Gasteiger partial charge in [0.25, 0.3) is 0 Å². The highest BCUT2D eigenvalue weighted by Crippen LogP contribution is 2.26. The molecule has 1 aromatic rings. The molecule has 0 amide bonds. The van der Waals surface area contributed by atoms with E-state index in [4.69, 9.17) is 9.84 Å². The Labute approximate surface area is 95.7 Å². The van der Waals surface area contributed by atoms with Crippen molar-refractivity contribution < 1.29 is 9.84 Å². The van der Waals surface area contributed by atoms with E-state index in [-0.39, 0.29) is 6.10 Å². The smallest absolute Gasteiger partial charge is 0.316 e. The third kappa shape index (κ3) is 2.92. The standard InChI is InChI=1S/C12H18N2O2/c1-9-6-7-13-12(14-9)16-11-4-2-10(8-15)3-5-11/h6-7,10-11,15H,2-5,8H2,1H3. The average Bonchev–Trinajstić information content (AvgIpc) is 2.30. The number of nitrogens with zero attached hydrogens (tertiary/aromatic N) is 2. The first kappa shape index (κ1) is 11.3. The van der Waals surface area contributed by atoms with E-state index < -0.39 is 0 Å². The van der Waals surface area contributed by atoms with Gasteiger partial charge in [-0.3, -0.25) is 0 Å². The fourth-order valence-corrected chi connectivity index (χ4v) is 2.06. The molecule has 0 unspecified atom stereocenters. The maximum atomic E-state index is 9.04. The number of aliphatic hydroxyl groups excluding tert-OH is 1. The lowest BCUT2D eigenvalue weighted by Crippen LogP contribution is -2.26. The zero-order valence-electron chi connectivity index (χ0n) is 9.59. The monoisotopic (exact) mass is 222 g/mol. The van der Waals surface area contributed by atoms with Crippen molar-refractivity contribution in [3.63, 3.8) is 0 Å². The van der Waals surface area contributed by atoms with Gasteiger partial charge in [-0.05, 0) is 44.6 Å². The second-order valence-corrected chi connectivity index (χ2v) is 4.42. The number of aliphatic hydroxyl groups is 1. The van der Waals surface area contributed by atoms with Crippen LogP contribution in [0.2, 0.25) is 0 Å². The van der Waals surface area contributed by atoms with Crippen LogP contribution < -0.4 is 4.74 Å². The molecule has 0 spiro atoms. The maximum absolute atomic E-state index is 9.04. The third-order valence-electron chi connectivity index (χ3n) is 3.10. The van der Waals surface area contributed by atoms with Gasteiger partial charge in [0.15, 0.2) is 0 Å². The van der Waals surface area contributed by atoms with Gasteiger partial charge in [0.1, 0.15) is 6.10 Å². The van der Waals surface area contributed by atoms with Crippen LogP contribution in [0.5, 0.6) is 6.01 Å². The van der Waals surface area contributed by atoms with Gasteiger partial charge in [-0.15, -0.1) is 0 Å². The van der Waals surface area contributed by atoms with Gasteiger partial charge in [0, 0.05) is 18.5 Å². The summed E-state index contributed by atoms with van der Waals surface area (Å²) in [7, 11) is 0. The Hall–Kier alpha value is -1.16. The molecule has 1 aromatic heterocycles. The molecule has 4 heteroatoms. The van der Waals surface area contributed by atoms with E-state index in [1.807, 2.05) is 13.0 Å². The Balaban J connectivity index is 1.87. The summed E-state index contributed by atoms with van der Waals surface area (Å²) in [6, 6.07) is 2.34. The van der Waals surface area contributed by atoms with Crippen molar-refractivity contribution in [3.8, 4) is 6.01 Å². The van der Waals surface area contributed by atoms with Gasteiger partial charge in [0.2, 0.25) is 0 Å². The summed E-state index contributed by atoms with van der Waals surface area (Å²) in [6.07, 6.45) is 5.98. The van der Waals surface area contributed by atoms with Crippen LogP contribution in [0.15, 0.2) is 12.3 Å². The molecule has 1 fully saturated rings. The molecule has 1 heterocycles. The van der Waals surface area contributed by atoms with Crippen molar-refractivity contribution in [1.29, 1.82) is 0 Å². The molecule has 0 bridgehead atoms. The van der Waals surface area contributed by atoms with Crippen LogP contribution in [0.4, 0.5) is 0 Å². The highest BCUT2D eigenvalue weighted by atomic mass is 16.5. The fraction of sp³-hybridized carbons (Fsp3) is 0.667. The Morgan fingerprint density at radius 3 is 2.75 bits per heavy atom. The molecule has 1 N–H and O–H groups in total. The number of aromatic nitrogens is 2. The molecule has 0 atom stereocenters. The molecular formula is C12H18N2O2. The lowest BCUT2D eigenvalue weighted by atomic mass is 9.88. The van der Waals surface area contributed by atoms with Gasteiger partial charge >= 0.3 is 6.01 Å². The van der Waals surface area contributed by atoms with Crippen molar-refractivity contribution >= 4 is 0 Å². The minimum atomic E-state index is 0.213. The normalized spacial score (nSPS) is 25.4. The van der Waals surface area contributed by atoms with Gasteiger partial charge in [-0.25, -0.2) is 9.97 Å². The van der Waals surface area contributed by atoms with Crippen LogP contribution in [0.1, 0.15) is 31.4 Å². The van der Waals surface area contributed by atoms with E-state index in [1.165, 1.54) is 0 Å². The van der Waals surface area contributed by atoms with E-state index in [9.17, 15) is 0 Å². The summed E-state index contributed by atoms with van der Waals surface area (Å²) in [4.78, 5) is 8.31. The van der Waals surface area contributed by atoms with Crippen LogP contribution in [0.25, 0.3) is 0 Å². The molecule has 0 aliphatic heterocycles. The Kier molecular flexibility index (Phi) is 3.72. The zero-order chi connectivity index (χ0) is 11.4. The zero-order valence-corrected chi connectivity index (χ0v) is 9.59. The molecule has 0 saturated heterocycles. The first-order valence-electron chi connectivity index (χ1n) is 5.85. The molecule has 1 aliphatic carbocycles. The van der Waals surface area contributed by atoms with Crippen LogP contribution in [-0.4, -0.2) is 27.8 Å². The number of hydrogen-bond donors (Lipinski definition) is 1.